The molecule has 0 aliphatic rings. The molecular weight excluding hydrogens is 528 g/mol. The van der Waals surface area contributed by atoms with Crippen LogP contribution in [0.5, 0.6) is 0 Å². The Kier molecular flexibility index (Phi) is 8.55. The fourth-order valence-corrected chi connectivity index (χ4v) is 4.33. The summed E-state index contributed by atoms with van der Waals surface area (Å²) in [6.45, 7) is -1.92. The summed E-state index contributed by atoms with van der Waals surface area (Å²) in [5, 5.41) is 9.24. The molecule has 0 aliphatic heterocycles. The van der Waals surface area contributed by atoms with Gasteiger partial charge in [-0.15, -0.1) is 0 Å². The summed E-state index contributed by atoms with van der Waals surface area (Å²) in [7, 11) is -4.51. The van der Waals surface area contributed by atoms with Gasteiger partial charge in [0.05, 0.1) is 19.8 Å². The number of aromatic nitrogens is 4. The van der Waals surface area contributed by atoms with Gasteiger partial charge >= 0.3 is 20.0 Å². The van der Waals surface area contributed by atoms with E-state index in [9.17, 15) is 27.6 Å². The Balaban J connectivity index is 1.44. The first-order valence-electron chi connectivity index (χ1n) is 11.1. The van der Waals surface area contributed by atoms with Crippen molar-refractivity contribution >= 4 is 13.9 Å². The molecule has 38 heavy (non-hydrogen) atoms. The van der Waals surface area contributed by atoms with Crippen molar-refractivity contribution in [1.29, 1.82) is 0 Å². The second kappa shape index (κ2) is 11.8. The fourth-order valence-electron chi connectivity index (χ4n) is 3.17. The number of carbonyl (C=O) groups excluding carboxylic acids is 1. The predicted molar refractivity (Wildman–Crippen MR) is 128 cm³/mol. The lowest BCUT2D eigenvalue weighted by molar-refractivity contribution is -0.212. The lowest BCUT2D eigenvalue weighted by Gasteiger charge is -2.21. The number of hydrogen-bond donors (Lipinski definition) is 1. The third-order valence-corrected chi connectivity index (χ3v) is 6.53. The number of imidazole rings is 2. The topological polar surface area (TPSA) is 118 Å². The van der Waals surface area contributed by atoms with Crippen molar-refractivity contribution in [3.63, 3.8) is 0 Å². The summed E-state index contributed by atoms with van der Waals surface area (Å²) in [4.78, 5) is 20.7. The van der Waals surface area contributed by atoms with Gasteiger partial charge < -0.3 is 5.11 Å². The average Bonchev–Trinajstić information content (AvgIpc) is 3.63. The number of aliphatic hydroxyl groups excluding tert-OH is 1. The van der Waals surface area contributed by atoms with Crippen LogP contribution in [0.15, 0.2) is 85.7 Å². The maximum Gasteiger partial charge on any atom is 0.475 e. The summed E-state index contributed by atoms with van der Waals surface area (Å²) in [5.74, 6) is 0.359. The van der Waals surface area contributed by atoms with Crippen molar-refractivity contribution in [3.8, 4) is 11.4 Å². The van der Waals surface area contributed by atoms with Gasteiger partial charge in [0.2, 0.25) is 0 Å². The highest BCUT2D eigenvalue weighted by Crippen LogP contribution is 2.51. The molecule has 0 saturated heterocycles. The van der Waals surface area contributed by atoms with Gasteiger partial charge in [-0.1, -0.05) is 54.6 Å². The van der Waals surface area contributed by atoms with Crippen molar-refractivity contribution in [2.24, 2.45) is 0 Å². The summed E-state index contributed by atoms with van der Waals surface area (Å²) < 4.78 is 69.1. The number of phosphoric ester groups is 1. The fraction of sp³-hybridized carbons (Fsp3) is 0.208. The molecule has 2 atom stereocenters. The monoisotopic (exact) mass is 550 g/mol. The third kappa shape index (κ3) is 7.03. The first-order chi connectivity index (χ1) is 18.1. The first-order valence-corrected chi connectivity index (χ1v) is 12.6. The van der Waals surface area contributed by atoms with Crippen LogP contribution in [0.25, 0.3) is 11.4 Å². The molecule has 0 radical (unpaired) electrons. The molecule has 0 saturated carbocycles. The van der Waals surface area contributed by atoms with Crippen LogP contribution in [-0.2, 0) is 31.4 Å². The minimum absolute atomic E-state index is 0.257. The number of alkyl halides is 3. The van der Waals surface area contributed by atoms with Crippen LogP contribution in [0.2, 0.25) is 0 Å². The smallest absolute Gasteiger partial charge is 0.382 e. The minimum Gasteiger partial charge on any atom is -0.382 e. The summed E-state index contributed by atoms with van der Waals surface area (Å²) in [6.07, 6.45) is -0.533. The standard InChI is InChI=1S/C24H22F3N4O6P/c25-24(26,27)21(32)16-37-38(34,35-14-18-4-2-1-3-5-18)36-15-19-6-8-20(9-7-19)22-29-11-13-31(22)23(33)30-12-10-28-17-30/h1-13,17,21,32H,14-16H2/t21-,38?/m1/s1. The SMILES string of the molecule is O=C(n1ccnc1)n1ccnc1-c1ccc(COP(=O)(OCc2ccccc2)OC[C@@H](O)C(F)(F)F)cc1. The van der Waals surface area contributed by atoms with Crippen molar-refractivity contribution in [3.05, 3.63) is 96.8 Å². The number of carbonyl (C=O) groups is 1. The summed E-state index contributed by atoms with van der Waals surface area (Å²) in [5.41, 5.74) is 1.65. The molecule has 14 heteroatoms. The van der Waals surface area contributed by atoms with Gasteiger partial charge in [-0.05, 0) is 11.1 Å². The number of phosphoric acid groups is 1. The number of nitrogens with zero attached hydrogens (tertiary/aromatic N) is 4. The molecule has 0 amide bonds. The molecule has 0 spiro atoms. The van der Waals surface area contributed by atoms with Crippen LogP contribution in [0.4, 0.5) is 18.0 Å². The van der Waals surface area contributed by atoms with E-state index in [-0.39, 0.29) is 13.2 Å². The third-order valence-electron chi connectivity index (χ3n) is 5.17. The molecule has 1 unspecified atom stereocenters. The number of halogens is 3. The van der Waals surface area contributed by atoms with E-state index in [4.69, 9.17) is 13.6 Å². The van der Waals surface area contributed by atoms with E-state index in [1.165, 1.54) is 40.2 Å². The van der Waals surface area contributed by atoms with Crippen LogP contribution < -0.4 is 0 Å². The van der Waals surface area contributed by atoms with E-state index in [2.05, 4.69) is 9.97 Å². The van der Waals surface area contributed by atoms with Gasteiger partial charge in [0.1, 0.15) is 12.2 Å². The molecule has 4 aromatic rings. The zero-order chi connectivity index (χ0) is 27.2. The Hall–Kier alpha value is -3.61. The average molecular weight is 550 g/mol. The largest absolute Gasteiger partial charge is 0.475 e. The molecule has 0 aliphatic carbocycles. The number of benzene rings is 2. The second-order valence-electron chi connectivity index (χ2n) is 7.90. The molecule has 10 nitrogen and oxygen atoms in total. The molecule has 2 aromatic carbocycles. The van der Waals surface area contributed by atoms with E-state index in [1.807, 2.05) is 0 Å². The molecule has 0 bridgehead atoms. The van der Waals surface area contributed by atoms with Crippen LogP contribution in [0.1, 0.15) is 11.1 Å². The first kappa shape index (κ1) is 27.4. The molecule has 0 fully saturated rings. The summed E-state index contributed by atoms with van der Waals surface area (Å²) >= 11 is 0. The number of rotatable bonds is 10. The highest BCUT2D eigenvalue weighted by Gasteiger charge is 2.41. The van der Waals surface area contributed by atoms with E-state index in [1.54, 1.807) is 54.6 Å². The normalized spacial score (nSPS) is 14.2. The van der Waals surface area contributed by atoms with Gasteiger partial charge in [0, 0.05) is 30.4 Å². The highest BCUT2D eigenvalue weighted by atomic mass is 31.2. The Labute approximate surface area is 214 Å². The van der Waals surface area contributed by atoms with E-state index >= 15 is 0 Å². The Morgan fingerprint density at radius 1 is 0.947 bits per heavy atom. The quantitative estimate of drug-likeness (QED) is 0.273. The van der Waals surface area contributed by atoms with E-state index in [0.29, 0.717) is 22.5 Å². The highest BCUT2D eigenvalue weighted by molar-refractivity contribution is 7.48. The molecular formula is C24H22F3N4O6P. The van der Waals surface area contributed by atoms with Gasteiger partial charge in [-0.2, -0.15) is 13.2 Å². The predicted octanol–water partition coefficient (Wildman–Crippen LogP) is 5.04. The molecule has 4 rings (SSSR count). The molecule has 2 heterocycles. The lowest BCUT2D eigenvalue weighted by Crippen LogP contribution is -2.32. The van der Waals surface area contributed by atoms with Crippen LogP contribution >= 0.6 is 7.82 Å². The van der Waals surface area contributed by atoms with Gasteiger partial charge in [-0.3, -0.25) is 22.7 Å². The van der Waals surface area contributed by atoms with Gasteiger partial charge in [0.25, 0.3) is 0 Å². The van der Waals surface area contributed by atoms with E-state index in [0.717, 1.165) is 0 Å². The van der Waals surface area contributed by atoms with E-state index < -0.39 is 32.7 Å². The second-order valence-corrected chi connectivity index (χ2v) is 9.57. The number of aliphatic hydroxyl groups is 1. The maximum absolute atomic E-state index is 13.1. The lowest BCUT2D eigenvalue weighted by atomic mass is 10.1. The molecule has 200 valence electrons. The molecule has 2 aromatic heterocycles. The number of hydrogen-bond acceptors (Lipinski definition) is 8. The Morgan fingerprint density at radius 3 is 2.21 bits per heavy atom. The van der Waals surface area contributed by atoms with Gasteiger partial charge in [0.15, 0.2) is 6.10 Å². The van der Waals surface area contributed by atoms with Crippen molar-refractivity contribution in [2.75, 3.05) is 6.61 Å². The maximum atomic E-state index is 13.1. The van der Waals surface area contributed by atoms with Crippen molar-refractivity contribution in [1.82, 2.24) is 19.1 Å². The zero-order valence-electron chi connectivity index (χ0n) is 19.6. The minimum atomic E-state index is -4.97. The van der Waals surface area contributed by atoms with Gasteiger partial charge in [-0.25, -0.2) is 19.3 Å². The Bertz CT molecular complexity index is 1380. The zero-order valence-corrected chi connectivity index (χ0v) is 20.5. The van der Waals surface area contributed by atoms with Crippen molar-refractivity contribution < 1.29 is 41.2 Å². The molecule has 1 N–H and O–H groups in total. The van der Waals surface area contributed by atoms with Crippen LogP contribution in [0, 0.1) is 0 Å². The van der Waals surface area contributed by atoms with Crippen LogP contribution in [0.3, 0.4) is 0 Å². The van der Waals surface area contributed by atoms with Crippen molar-refractivity contribution in [2.45, 2.75) is 25.5 Å². The Morgan fingerprint density at radius 2 is 1.61 bits per heavy atom. The summed E-state index contributed by atoms with van der Waals surface area (Å²) in [6, 6.07) is 14.6. The van der Waals surface area contributed by atoms with Crippen LogP contribution in [-0.4, -0.2) is 49.1 Å².